The van der Waals surface area contributed by atoms with Crippen LogP contribution in [0.1, 0.15) is 24.3 Å². The average Bonchev–Trinajstić information content (AvgIpc) is 2.25. The molecular formula is C10H16N4O2. The highest BCUT2D eigenvalue weighted by Crippen LogP contribution is 2.05. The van der Waals surface area contributed by atoms with E-state index in [2.05, 4.69) is 20.8 Å². The Morgan fingerprint density at radius 3 is 2.56 bits per heavy atom. The monoisotopic (exact) mass is 224 g/mol. The highest BCUT2D eigenvalue weighted by atomic mass is 16.3. The Morgan fingerprint density at radius 2 is 2.12 bits per heavy atom. The third-order valence-electron chi connectivity index (χ3n) is 1.83. The molecule has 0 aliphatic heterocycles. The standard InChI is InChI=1S/C10H16N4O2/c1-10(2,16)6-12-8-5-4-7(13-14-8)9(15)11-3/h4-5,16H,6H2,1-3H3,(H,11,15)(H,12,14). The predicted octanol–water partition coefficient (Wildman–Crippen LogP) is 0.0190. The number of anilines is 1. The molecule has 0 saturated heterocycles. The van der Waals surface area contributed by atoms with Crippen LogP contribution in [0.5, 0.6) is 0 Å². The first-order valence-electron chi connectivity index (χ1n) is 4.94. The first-order valence-corrected chi connectivity index (χ1v) is 4.94. The summed E-state index contributed by atoms with van der Waals surface area (Å²) >= 11 is 0. The van der Waals surface area contributed by atoms with Gasteiger partial charge in [0.2, 0.25) is 0 Å². The van der Waals surface area contributed by atoms with Crippen molar-refractivity contribution in [2.75, 3.05) is 18.9 Å². The number of rotatable bonds is 4. The minimum Gasteiger partial charge on any atom is -0.389 e. The van der Waals surface area contributed by atoms with Crippen LogP contribution in [-0.4, -0.2) is 40.4 Å². The number of carbonyl (C=O) groups excluding carboxylic acids is 1. The summed E-state index contributed by atoms with van der Waals surface area (Å²) < 4.78 is 0. The van der Waals surface area contributed by atoms with E-state index in [4.69, 9.17) is 0 Å². The number of nitrogens with zero attached hydrogens (tertiary/aromatic N) is 2. The van der Waals surface area contributed by atoms with Crippen molar-refractivity contribution >= 4 is 11.7 Å². The number of aliphatic hydroxyl groups is 1. The zero-order chi connectivity index (χ0) is 12.2. The first-order chi connectivity index (χ1) is 7.42. The van der Waals surface area contributed by atoms with Crippen LogP contribution in [0.25, 0.3) is 0 Å². The van der Waals surface area contributed by atoms with Gasteiger partial charge in [-0.2, -0.15) is 0 Å². The van der Waals surface area contributed by atoms with Gasteiger partial charge < -0.3 is 15.7 Å². The van der Waals surface area contributed by atoms with Gasteiger partial charge in [-0.05, 0) is 26.0 Å². The van der Waals surface area contributed by atoms with Crippen molar-refractivity contribution < 1.29 is 9.90 Å². The second-order valence-electron chi connectivity index (χ2n) is 4.05. The number of carbonyl (C=O) groups is 1. The number of hydrogen-bond acceptors (Lipinski definition) is 5. The van der Waals surface area contributed by atoms with Gasteiger partial charge in [0.1, 0.15) is 5.82 Å². The molecule has 0 saturated carbocycles. The van der Waals surface area contributed by atoms with E-state index in [1.165, 1.54) is 7.05 Å². The first kappa shape index (κ1) is 12.4. The molecule has 16 heavy (non-hydrogen) atoms. The van der Waals surface area contributed by atoms with E-state index in [-0.39, 0.29) is 11.6 Å². The van der Waals surface area contributed by atoms with Gasteiger partial charge in [0.25, 0.3) is 5.91 Å². The van der Waals surface area contributed by atoms with Crippen molar-refractivity contribution in [1.82, 2.24) is 15.5 Å². The van der Waals surface area contributed by atoms with Crippen molar-refractivity contribution in [3.8, 4) is 0 Å². The molecule has 0 aromatic carbocycles. The lowest BCUT2D eigenvalue weighted by atomic mass is 10.1. The molecule has 0 radical (unpaired) electrons. The van der Waals surface area contributed by atoms with Crippen LogP contribution in [0.4, 0.5) is 5.82 Å². The average molecular weight is 224 g/mol. The van der Waals surface area contributed by atoms with Crippen LogP contribution >= 0.6 is 0 Å². The van der Waals surface area contributed by atoms with E-state index in [1.54, 1.807) is 26.0 Å². The Labute approximate surface area is 94.1 Å². The lowest BCUT2D eigenvalue weighted by Crippen LogP contribution is -2.29. The van der Waals surface area contributed by atoms with Gasteiger partial charge in [0.05, 0.1) is 5.60 Å². The van der Waals surface area contributed by atoms with Crippen LogP contribution in [0, 0.1) is 0 Å². The molecule has 0 bridgehead atoms. The summed E-state index contributed by atoms with van der Waals surface area (Å²) in [5.41, 5.74) is -0.558. The molecule has 6 nitrogen and oxygen atoms in total. The second-order valence-corrected chi connectivity index (χ2v) is 4.05. The van der Waals surface area contributed by atoms with Gasteiger partial charge in [-0.1, -0.05) is 0 Å². The van der Waals surface area contributed by atoms with Gasteiger partial charge in [-0.3, -0.25) is 4.79 Å². The van der Waals surface area contributed by atoms with E-state index < -0.39 is 5.60 Å². The number of hydrogen-bond donors (Lipinski definition) is 3. The third-order valence-corrected chi connectivity index (χ3v) is 1.83. The SMILES string of the molecule is CNC(=O)c1ccc(NCC(C)(C)O)nn1. The zero-order valence-electron chi connectivity index (χ0n) is 9.61. The van der Waals surface area contributed by atoms with E-state index in [1.807, 2.05) is 0 Å². The molecular weight excluding hydrogens is 208 g/mol. The molecule has 0 aliphatic rings. The van der Waals surface area contributed by atoms with E-state index in [0.29, 0.717) is 12.4 Å². The molecule has 3 N–H and O–H groups in total. The van der Waals surface area contributed by atoms with Gasteiger partial charge in [-0.15, -0.1) is 10.2 Å². The number of nitrogens with one attached hydrogen (secondary N) is 2. The van der Waals surface area contributed by atoms with Crippen LogP contribution in [-0.2, 0) is 0 Å². The fourth-order valence-electron chi connectivity index (χ4n) is 0.983. The molecule has 1 aromatic heterocycles. The third kappa shape index (κ3) is 3.82. The lowest BCUT2D eigenvalue weighted by Gasteiger charge is -2.17. The van der Waals surface area contributed by atoms with Gasteiger partial charge in [-0.25, -0.2) is 0 Å². The van der Waals surface area contributed by atoms with Crippen molar-refractivity contribution in [3.05, 3.63) is 17.8 Å². The fourth-order valence-corrected chi connectivity index (χ4v) is 0.983. The summed E-state index contributed by atoms with van der Waals surface area (Å²) in [7, 11) is 1.53. The van der Waals surface area contributed by atoms with E-state index in [0.717, 1.165) is 0 Å². The summed E-state index contributed by atoms with van der Waals surface area (Å²) in [6.07, 6.45) is 0. The maximum absolute atomic E-state index is 11.2. The summed E-state index contributed by atoms with van der Waals surface area (Å²) in [5.74, 6) is 0.247. The van der Waals surface area contributed by atoms with Gasteiger partial charge in [0, 0.05) is 13.6 Å². The maximum Gasteiger partial charge on any atom is 0.271 e. The summed E-state index contributed by atoms with van der Waals surface area (Å²) in [4.78, 5) is 11.2. The van der Waals surface area contributed by atoms with Crippen molar-refractivity contribution in [3.63, 3.8) is 0 Å². The van der Waals surface area contributed by atoms with Crippen LogP contribution < -0.4 is 10.6 Å². The summed E-state index contributed by atoms with van der Waals surface area (Å²) in [6, 6.07) is 3.21. The summed E-state index contributed by atoms with van der Waals surface area (Å²) in [5, 5.41) is 22.4. The molecule has 1 amide bonds. The minimum absolute atomic E-state index is 0.260. The second kappa shape index (κ2) is 4.89. The van der Waals surface area contributed by atoms with Crippen LogP contribution in [0.2, 0.25) is 0 Å². The van der Waals surface area contributed by atoms with E-state index in [9.17, 15) is 9.90 Å². The van der Waals surface area contributed by atoms with Crippen molar-refractivity contribution in [2.24, 2.45) is 0 Å². The minimum atomic E-state index is -0.818. The fraction of sp³-hybridized carbons (Fsp3) is 0.500. The Bertz CT molecular complexity index is 356. The van der Waals surface area contributed by atoms with Crippen molar-refractivity contribution in [1.29, 1.82) is 0 Å². The molecule has 1 rings (SSSR count). The molecule has 0 fully saturated rings. The van der Waals surface area contributed by atoms with Crippen molar-refractivity contribution in [2.45, 2.75) is 19.4 Å². The molecule has 1 aromatic rings. The summed E-state index contributed by atoms with van der Waals surface area (Å²) in [6.45, 7) is 3.74. The van der Waals surface area contributed by atoms with E-state index >= 15 is 0 Å². The molecule has 6 heteroatoms. The smallest absolute Gasteiger partial charge is 0.271 e. The molecule has 88 valence electrons. The predicted molar refractivity (Wildman–Crippen MR) is 60.2 cm³/mol. The lowest BCUT2D eigenvalue weighted by molar-refractivity contribution is 0.0938. The van der Waals surface area contributed by atoms with Gasteiger partial charge in [0.15, 0.2) is 5.69 Å². The largest absolute Gasteiger partial charge is 0.389 e. The maximum atomic E-state index is 11.2. The Morgan fingerprint density at radius 1 is 1.44 bits per heavy atom. The molecule has 0 atom stereocenters. The quantitative estimate of drug-likeness (QED) is 0.671. The number of amides is 1. The Hall–Kier alpha value is -1.69. The van der Waals surface area contributed by atoms with Gasteiger partial charge >= 0.3 is 0 Å². The highest BCUT2D eigenvalue weighted by Gasteiger charge is 2.12. The Balaban J connectivity index is 2.62. The van der Waals surface area contributed by atoms with Crippen LogP contribution in [0.3, 0.4) is 0 Å². The topological polar surface area (TPSA) is 87.1 Å². The Kier molecular flexibility index (Phi) is 3.78. The molecule has 1 heterocycles. The zero-order valence-corrected chi connectivity index (χ0v) is 9.61. The number of aromatic nitrogens is 2. The normalized spacial score (nSPS) is 11.0. The molecule has 0 unspecified atom stereocenters. The molecule has 0 aliphatic carbocycles. The van der Waals surface area contributed by atoms with Crippen LogP contribution in [0.15, 0.2) is 12.1 Å². The highest BCUT2D eigenvalue weighted by molar-refractivity contribution is 5.91. The molecule has 0 spiro atoms.